The van der Waals surface area contributed by atoms with Crippen LogP contribution in [0, 0.1) is 6.92 Å². The maximum Gasteiger partial charge on any atom is 0.256 e. The van der Waals surface area contributed by atoms with Crippen LogP contribution in [0.3, 0.4) is 0 Å². The molecular formula is C22H25N5O3S. The third-order valence-electron chi connectivity index (χ3n) is 5.53. The number of hydrogen-bond acceptors (Lipinski definition) is 5. The summed E-state index contributed by atoms with van der Waals surface area (Å²) in [4.78, 5) is 19.6. The quantitative estimate of drug-likeness (QED) is 0.632. The van der Waals surface area contributed by atoms with Gasteiger partial charge >= 0.3 is 0 Å². The zero-order valence-electron chi connectivity index (χ0n) is 17.5. The molecule has 0 saturated carbocycles. The third kappa shape index (κ3) is 4.46. The molecule has 0 unspecified atom stereocenters. The summed E-state index contributed by atoms with van der Waals surface area (Å²) in [7, 11) is -3.51. The number of H-pyrrole nitrogens is 1. The van der Waals surface area contributed by atoms with E-state index in [1.807, 2.05) is 24.1 Å². The first kappa shape index (κ1) is 21.0. The van der Waals surface area contributed by atoms with Crippen molar-refractivity contribution in [1.29, 1.82) is 0 Å². The van der Waals surface area contributed by atoms with Crippen molar-refractivity contribution < 1.29 is 13.2 Å². The number of pyridine rings is 1. The average Bonchev–Trinajstić information content (AvgIpc) is 3.22. The van der Waals surface area contributed by atoms with Crippen molar-refractivity contribution >= 4 is 21.6 Å². The van der Waals surface area contributed by atoms with E-state index in [9.17, 15) is 13.2 Å². The van der Waals surface area contributed by atoms with Crippen LogP contribution in [0.1, 0.15) is 46.9 Å². The van der Waals surface area contributed by atoms with Crippen LogP contribution in [0.4, 0.5) is 5.69 Å². The van der Waals surface area contributed by atoms with E-state index >= 15 is 0 Å². The van der Waals surface area contributed by atoms with Crippen LogP contribution in [0.15, 0.2) is 48.9 Å². The van der Waals surface area contributed by atoms with Gasteiger partial charge in [-0.15, -0.1) is 0 Å². The van der Waals surface area contributed by atoms with Gasteiger partial charge in [0.05, 0.1) is 35.4 Å². The Balaban J connectivity index is 1.72. The largest absolute Gasteiger partial charge is 0.330 e. The molecule has 0 bridgehead atoms. The summed E-state index contributed by atoms with van der Waals surface area (Å²) in [5.74, 6) is -0.205. The van der Waals surface area contributed by atoms with Crippen molar-refractivity contribution in [2.75, 3.05) is 17.5 Å². The number of sulfonamides is 1. The van der Waals surface area contributed by atoms with Gasteiger partial charge in [-0.1, -0.05) is 12.1 Å². The van der Waals surface area contributed by atoms with E-state index in [4.69, 9.17) is 0 Å². The van der Waals surface area contributed by atoms with Crippen molar-refractivity contribution in [3.05, 3.63) is 65.7 Å². The van der Waals surface area contributed by atoms with Crippen LogP contribution in [-0.2, 0) is 10.0 Å². The highest BCUT2D eigenvalue weighted by Gasteiger charge is 2.32. The number of carbonyl (C=O) groups excluding carboxylic acids is 1. The molecule has 31 heavy (non-hydrogen) atoms. The molecule has 9 heteroatoms. The summed E-state index contributed by atoms with van der Waals surface area (Å²) < 4.78 is 26.0. The summed E-state index contributed by atoms with van der Waals surface area (Å²) in [6.45, 7) is 2.58. The minimum atomic E-state index is -3.51. The van der Waals surface area contributed by atoms with Gasteiger partial charge < -0.3 is 4.90 Å². The standard InChI is InChI=1S/C22H25N5O3S/c1-15-13-23-11-10-16(15)18-14-24-25-21(18)20-9-5-6-12-27(20)22(28)17-7-3-4-8-19(17)26-31(2,29)30/h3-4,7-8,10-11,13-14,20,26H,5-6,9,12H2,1-2H3,(H,24,25)/t20-/m1/s1. The zero-order valence-corrected chi connectivity index (χ0v) is 18.3. The van der Waals surface area contributed by atoms with Gasteiger partial charge in [0, 0.05) is 24.5 Å². The Morgan fingerprint density at radius 2 is 1.97 bits per heavy atom. The molecule has 1 fully saturated rings. The van der Waals surface area contributed by atoms with E-state index < -0.39 is 10.0 Å². The second kappa shape index (κ2) is 8.50. The lowest BCUT2D eigenvalue weighted by Gasteiger charge is -2.36. The Kier molecular flexibility index (Phi) is 5.77. The summed E-state index contributed by atoms with van der Waals surface area (Å²) in [6.07, 6.45) is 9.10. The molecule has 0 aliphatic carbocycles. The van der Waals surface area contributed by atoms with Gasteiger partial charge in [-0.2, -0.15) is 5.10 Å². The van der Waals surface area contributed by atoms with Crippen LogP contribution in [0.5, 0.6) is 0 Å². The molecule has 3 heterocycles. The molecule has 1 aliphatic rings. The van der Waals surface area contributed by atoms with Crippen LogP contribution >= 0.6 is 0 Å². The first-order valence-corrected chi connectivity index (χ1v) is 12.1. The van der Waals surface area contributed by atoms with Crippen molar-refractivity contribution in [2.45, 2.75) is 32.2 Å². The number of aryl methyl sites for hydroxylation is 1. The lowest BCUT2D eigenvalue weighted by atomic mass is 9.93. The Hall–Kier alpha value is -3.20. The molecule has 2 N–H and O–H groups in total. The first-order valence-electron chi connectivity index (χ1n) is 10.2. The molecule has 162 valence electrons. The Morgan fingerprint density at radius 3 is 2.74 bits per heavy atom. The van der Waals surface area contributed by atoms with Crippen molar-refractivity contribution in [1.82, 2.24) is 20.1 Å². The van der Waals surface area contributed by atoms with Crippen LogP contribution < -0.4 is 4.72 Å². The SMILES string of the molecule is Cc1cnccc1-c1cn[nH]c1[C@H]1CCCCN1C(=O)c1ccccc1NS(C)(=O)=O. The normalized spacial score (nSPS) is 16.8. The van der Waals surface area contributed by atoms with E-state index in [2.05, 4.69) is 19.9 Å². The number of piperidine rings is 1. The van der Waals surface area contributed by atoms with E-state index in [0.29, 0.717) is 12.1 Å². The fourth-order valence-electron chi connectivity index (χ4n) is 4.13. The lowest BCUT2D eigenvalue weighted by molar-refractivity contribution is 0.0608. The second-order valence-electron chi connectivity index (χ2n) is 7.82. The number of aromatic nitrogens is 3. The van der Waals surface area contributed by atoms with Crippen molar-refractivity contribution in [2.24, 2.45) is 0 Å². The summed E-state index contributed by atoms with van der Waals surface area (Å²) in [5.41, 5.74) is 4.51. The van der Waals surface area contributed by atoms with Gasteiger partial charge in [0.15, 0.2) is 0 Å². The van der Waals surface area contributed by atoms with Gasteiger partial charge in [0.1, 0.15) is 0 Å². The summed E-state index contributed by atoms with van der Waals surface area (Å²) >= 11 is 0. The molecule has 1 aromatic carbocycles. The molecule has 8 nitrogen and oxygen atoms in total. The predicted octanol–water partition coefficient (Wildman–Crippen LogP) is 3.52. The molecule has 0 spiro atoms. The zero-order chi connectivity index (χ0) is 22.0. The van der Waals surface area contributed by atoms with Gasteiger partial charge in [0.2, 0.25) is 10.0 Å². The number of nitrogens with one attached hydrogen (secondary N) is 2. The predicted molar refractivity (Wildman–Crippen MR) is 119 cm³/mol. The molecular weight excluding hydrogens is 414 g/mol. The molecule has 4 rings (SSSR count). The number of carbonyl (C=O) groups is 1. The highest BCUT2D eigenvalue weighted by molar-refractivity contribution is 7.92. The van der Waals surface area contributed by atoms with E-state index in [1.165, 1.54) is 0 Å². The third-order valence-corrected chi connectivity index (χ3v) is 6.12. The van der Waals surface area contributed by atoms with Gasteiger partial charge in [-0.05, 0) is 55.5 Å². The maximum atomic E-state index is 13.6. The number of benzene rings is 1. The average molecular weight is 440 g/mol. The fourth-order valence-corrected chi connectivity index (χ4v) is 4.71. The highest BCUT2D eigenvalue weighted by atomic mass is 32.2. The number of nitrogens with zero attached hydrogens (tertiary/aromatic N) is 3. The number of likely N-dealkylation sites (tertiary alicyclic amines) is 1. The van der Waals surface area contributed by atoms with Crippen LogP contribution in [0.25, 0.3) is 11.1 Å². The molecule has 3 aromatic rings. The molecule has 1 amide bonds. The van der Waals surface area contributed by atoms with Crippen molar-refractivity contribution in [3.8, 4) is 11.1 Å². The van der Waals surface area contributed by atoms with Gasteiger partial charge in [-0.3, -0.25) is 19.6 Å². The summed E-state index contributed by atoms with van der Waals surface area (Å²) in [6, 6.07) is 8.47. The van der Waals surface area contributed by atoms with E-state index in [1.54, 1.807) is 36.7 Å². The Morgan fingerprint density at radius 1 is 1.16 bits per heavy atom. The van der Waals surface area contributed by atoms with Gasteiger partial charge in [0.25, 0.3) is 5.91 Å². The molecule has 2 aromatic heterocycles. The smallest absolute Gasteiger partial charge is 0.256 e. The Bertz CT molecular complexity index is 1210. The maximum absolute atomic E-state index is 13.6. The highest BCUT2D eigenvalue weighted by Crippen LogP contribution is 2.37. The number of aromatic amines is 1. The van der Waals surface area contributed by atoms with Crippen LogP contribution in [0.2, 0.25) is 0 Å². The number of hydrogen-bond donors (Lipinski definition) is 2. The number of anilines is 1. The lowest BCUT2D eigenvalue weighted by Crippen LogP contribution is -2.39. The monoisotopic (exact) mass is 439 g/mol. The first-order chi connectivity index (χ1) is 14.8. The fraction of sp³-hybridized carbons (Fsp3) is 0.318. The molecule has 1 atom stereocenters. The molecule has 1 saturated heterocycles. The number of amides is 1. The van der Waals surface area contributed by atoms with E-state index in [0.717, 1.165) is 47.9 Å². The number of rotatable bonds is 5. The van der Waals surface area contributed by atoms with Gasteiger partial charge in [-0.25, -0.2) is 8.42 Å². The van der Waals surface area contributed by atoms with Crippen LogP contribution in [-0.4, -0.2) is 47.2 Å². The van der Waals surface area contributed by atoms with Crippen molar-refractivity contribution in [3.63, 3.8) is 0 Å². The Labute approximate surface area is 181 Å². The molecule has 0 radical (unpaired) electrons. The second-order valence-corrected chi connectivity index (χ2v) is 9.57. The minimum absolute atomic E-state index is 0.183. The van der Waals surface area contributed by atoms with E-state index in [-0.39, 0.29) is 17.6 Å². The molecule has 1 aliphatic heterocycles. The number of para-hydroxylation sites is 1. The topological polar surface area (TPSA) is 108 Å². The minimum Gasteiger partial charge on any atom is -0.330 e. The summed E-state index contributed by atoms with van der Waals surface area (Å²) in [5, 5.41) is 7.39.